The minimum atomic E-state index is 0.394. The average molecular weight is 156 g/mol. The van der Waals surface area contributed by atoms with Crippen molar-refractivity contribution in [2.75, 3.05) is 20.6 Å². The molecule has 0 unspecified atom stereocenters. The number of nitrogens with one attached hydrogen (secondary N) is 1. The normalized spacial score (nSPS) is 13.8. The van der Waals surface area contributed by atoms with Crippen molar-refractivity contribution in [3.05, 3.63) is 24.2 Å². The van der Waals surface area contributed by atoms with Crippen molar-refractivity contribution in [1.82, 2.24) is 0 Å². The first kappa shape index (κ1) is 8.30. The minimum absolute atomic E-state index is 0.394. The zero-order chi connectivity index (χ0) is 8.27. The zero-order valence-corrected chi connectivity index (χ0v) is 7.13. The van der Waals surface area contributed by atoms with Crippen molar-refractivity contribution >= 4 is 0 Å². The van der Waals surface area contributed by atoms with E-state index >= 15 is 0 Å². The smallest absolute Gasteiger partial charge is 0.195 e. The van der Waals surface area contributed by atoms with Crippen LogP contribution in [0.2, 0.25) is 0 Å². The van der Waals surface area contributed by atoms with Gasteiger partial charge in [0, 0.05) is 0 Å². The average Bonchev–Trinajstić information content (AvgIpc) is 2.40. The van der Waals surface area contributed by atoms with Gasteiger partial charge in [0.25, 0.3) is 0 Å². The van der Waals surface area contributed by atoms with Crippen LogP contribution in [-0.4, -0.2) is 20.6 Å². The van der Waals surface area contributed by atoms with E-state index in [4.69, 9.17) is 4.42 Å². The molecule has 1 atom stereocenters. The Balaban J connectivity index is 2.71. The molecular weight excluding hydrogens is 140 g/mol. The third-order valence-corrected chi connectivity index (χ3v) is 1.87. The van der Waals surface area contributed by atoms with Crippen molar-refractivity contribution in [3.63, 3.8) is 0 Å². The third-order valence-electron chi connectivity index (χ3n) is 1.87. The highest BCUT2D eigenvalue weighted by atomic mass is 16.3. The van der Waals surface area contributed by atoms with E-state index in [1.54, 1.807) is 6.26 Å². The van der Waals surface area contributed by atoms with E-state index in [1.807, 2.05) is 12.1 Å². The van der Waals surface area contributed by atoms with Crippen LogP contribution in [0.5, 0.6) is 0 Å². The fourth-order valence-corrected chi connectivity index (χ4v) is 1.20. The largest absolute Gasteiger partial charge is 0.463 e. The summed E-state index contributed by atoms with van der Waals surface area (Å²) in [6.07, 6.45) is 1.71. The fourth-order valence-electron chi connectivity index (χ4n) is 1.20. The molecule has 1 rings (SSSR count). The quantitative estimate of drug-likeness (QED) is 0.562. The van der Waals surface area contributed by atoms with E-state index in [1.165, 1.54) is 4.90 Å². The molecule has 0 aliphatic heterocycles. The zero-order valence-electron chi connectivity index (χ0n) is 7.13. The van der Waals surface area contributed by atoms with Crippen LogP contribution in [-0.2, 0) is 0 Å². The van der Waals surface area contributed by atoms with Crippen LogP contribution >= 0.6 is 0 Å². The monoisotopic (exact) mass is 156 g/mol. The highest BCUT2D eigenvalue weighted by molar-refractivity contribution is 5.01. The maximum Gasteiger partial charge on any atom is 0.195 e. The minimum Gasteiger partial charge on any atom is -0.463 e. The molecule has 0 saturated heterocycles. The number of furan rings is 1. The second kappa shape index (κ2) is 3.55. The molecule has 0 aliphatic rings. The molecule has 62 valence electrons. The first-order valence-corrected chi connectivity index (χ1v) is 3.88. The standard InChI is InChI=1S/C8H14N2O/c1-10(2)7(6-9)8-4-3-5-11-8/h3-5,7H,6,9H2,1-2H3/p+2/t7-/m1/s1. The Morgan fingerprint density at radius 1 is 1.64 bits per heavy atom. The van der Waals surface area contributed by atoms with Gasteiger partial charge in [-0.05, 0) is 12.1 Å². The van der Waals surface area contributed by atoms with E-state index in [-0.39, 0.29) is 0 Å². The second-order valence-electron chi connectivity index (χ2n) is 2.93. The van der Waals surface area contributed by atoms with Crippen molar-refractivity contribution in [3.8, 4) is 0 Å². The number of hydrogen-bond acceptors (Lipinski definition) is 1. The van der Waals surface area contributed by atoms with Crippen LogP contribution < -0.4 is 10.6 Å². The van der Waals surface area contributed by atoms with Crippen molar-refractivity contribution in [2.24, 2.45) is 0 Å². The lowest BCUT2D eigenvalue weighted by Crippen LogP contribution is -3.07. The molecular formula is C8H16N2O+2. The first-order valence-electron chi connectivity index (χ1n) is 3.88. The van der Waals surface area contributed by atoms with Crippen LogP contribution in [0.25, 0.3) is 0 Å². The summed E-state index contributed by atoms with van der Waals surface area (Å²) in [6.45, 7) is 0.871. The Morgan fingerprint density at radius 3 is 2.73 bits per heavy atom. The van der Waals surface area contributed by atoms with Gasteiger partial charge in [0.2, 0.25) is 0 Å². The van der Waals surface area contributed by atoms with E-state index in [2.05, 4.69) is 19.8 Å². The maximum absolute atomic E-state index is 5.29. The summed E-state index contributed by atoms with van der Waals surface area (Å²) in [5.74, 6) is 1.03. The van der Waals surface area contributed by atoms with Crippen LogP contribution in [0.15, 0.2) is 22.8 Å². The number of likely N-dealkylation sites (N-methyl/N-ethyl adjacent to an activating group) is 1. The van der Waals surface area contributed by atoms with Gasteiger partial charge >= 0.3 is 0 Å². The molecule has 0 bridgehead atoms. The van der Waals surface area contributed by atoms with Crippen LogP contribution in [0, 0.1) is 0 Å². The maximum atomic E-state index is 5.29. The highest BCUT2D eigenvalue weighted by Gasteiger charge is 2.19. The predicted molar refractivity (Wildman–Crippen MR) is 42.0 cm³/mol. The number of quaternary nitrogens is 2. The van der Waals surface area contributed by atoms with E-state index in [0.717, 1.165) is 12.3 Å². The number of hydrogen-bond donors (Lipinski definition) is 2. The van der Waals surface area contributed by atoms with Gasteiger partial charge < -0.3 is 15.1 Å². The van der Waals surface area contributed by atoms with E-state index in [0.29, 0.717) is 6.04 Å². The van der Waals surface area contributed by atoms with Crippen LogP contribution in [0.4, 0.5) is 0 Å². The number of rotatable bonds is 3. The molecule has 0 aliphatic carbocycles. The predicted octanol–water partition coefficient (Wildman–Crippen LogP) is -1.29. The lowest BCUT2D eigenvalue weighted by atomic mass is 10.2. The molecule has 4 N–H and O–H groups in total. The molecule has 3 nitrogen and oxygen atoms in total. The lowest BCUT2D eigenvalue weighted by Gasteiger charge is -2.14. The molecule has 11 heavy (non-hydrogen) atoms. The Hall–Kier alpha value is -0.800. The molecule has 0 fully saturated rings. The van der Waals surface area contributed by atoms with Gasteiger partial charge in [0.15, 0.2) is 11.8 Å². The molecule has 1 aromatic heterocycles. The summed E-state index contributed by atoms with van der Waals surface area (Å²) >= 11 is 0. The van der Waals surface area contributed by atoms with Gasteiger partial charge in [-0.15, -0.1) is 0 Å². The molecule has 0 amide bonds. The van der Waals surface area contributed by atoms with Crippen molar-refractivity contribution < 1.29 is 15.1 Å². The summed E-state index contributed by atoms with van der Waals surface area (Å²) < 4.78 is 5.29. The van der Waals surface area contributed by atoms with Crippen molar-refractivity contribution in [1.29, 1.82) is 0 Å². The summed E-state index contributed by atoms with van der Waals surface area (Å²) in [6, 6.07) is 4.31. The Labute approximate surface area is 66.8 Å². The Kier molecular flexibility index (Phi) is 2.68. The Morgan fingerprint density at radius 2 is 2.36 bits per heavy atom. The van der Waals surface area contributed by atoms with E-state index in [9.17, 15) is 0 Å². The highest BCUT2D eigenvalue weighted by Crippen LogP contribution is 2.06. The second-order valence-corrected chi connectivity index (χ2v) is 2.93. The van der Waals surface area contributed by atoms with E-state index < -0.39 is 0 Å². The first-order chi connectivity index (χ1) is 5.25. The molecule has 0 radical (unpaired) electrons. The third kappa shape index (κ3) is 1.82. The van der Waals surface area contributed by atoms with Gasteiger partial charge in [0.1, 0.15) is 6.54 Å². The molecule has 1 heterocycles. The summed E-state index contributed by atoms with van der Waals surface area (Å²) in [7, 11) is 4.22. The van der Waals surface area contributed by atoms with Crippen molar-refractivity contribution in [2.45, 2.75) is 6.04 Å². The summed E-state index contributed by atoms with van der Waals surface area (Å²) in [4.78, 5) is 1.36. The van der Waals surface area contributed by atoms with Crippen LogP contribution in [0.3, 0.4) is 0 Å². The van der Waals surface area contributed by atoms with Gasteiger partial charge in [-0.3, -0.25) is 0 Å². The summed E-state index contributed by atoms with van der Waals surface area (Å²) in [5, 5.41) is 0. The lowest BCUT2D eigenvalue weighted by molar-refractivity contribution is -0.900. The molecule has 3 heteroatoms. The van der Waals surface area contributed by atoms with Gasteiger partial charge in [-0.2, -0.15) is 0 Å². The molecule has 0 aromatic carbocycles. The molecule has 1 aromatic rings. The van der Waals surface area contributed by atoms with Gasteiger partial charge in [-0.25, -0.2) is 0 Å². The molecule has 0 spiro atoms. The Bertz CT molecular complexity index is 194. The van der Waals surface area contributed by atoms with Gasteiger partial charge in [-0.1, -0.05) is 0 Å². The topological polar surface area (TPSA) is 45.2 Å². The SMILES string of the molecule is C[NH+](C)[C@H](C[NH3+])c1ccco1. The van der Waals surface area contributed by atoms with Crippen LogP contribution in [0.1, 0.15) is 11.8 Å². The van der Waals surface area contributed by atoms with Gasteiger partial charge in [0.05, 0.1) is 20.4 Å². The summed E-state index contributed by atoms with van der Waals surface area (Å²) in [5.41, 5.74) is 3.88. The fraction of sp³-hybridized carbons (Fsp3) is 0.500. The molecule has 0 saturated carbocycles.